The van der Waals surface area contributed by atoms with Gasteiger partial charge < -0.3 is 16.0 Å². The fourth-order valence-electron chi connectivity index (χ4n) is 2.81. The van der Waals surface area contributed by atoms with Crippen LogP contribution in [-0.2, 0) is 4.79 Å². The van der Waals surface area contributed by atoms with Gasteiger partial charge in [0.05, 0.1) is 4.99 Å². The molecule has 0 heterocycles. The van der Waals surface area contributed by atoms with E-state index in [0.29, 0.717) is 6.54 Å². The first-order valence-corrected chi connectivity index (χ1v) is 7.66. The molecule has 1 amide bonds. The average molecular weight is 305 g/mol. The molecule has 0 aliphatic heterocycles. The van der Waals surface area contributed by atoms with Crippen molar-refractivity contribution in [2.24, 2.45) is 5.73 Å². The van der Waals surface area contributed by atoms with Gasteiger partial charge in [-0.1, -0.05) is 42.5 Å². The lowest BCUT2D eigenvalue weighted by atomic mass is 9.75. The predicted octanol–water partition coefficient (Wildman–Crippen LogP) is 1.66. The summed E-state index contributed by atoms with van der Waals surface area (Å²) in [6.45, 7) is 0.644. The van der Waals surface area contributed by atoms with Gasteiger partial charge in [0.25, 0.3) is 0 Å². The number of amides is 1. The smallest absolute Gasteiger partial charge is 0.234 e. The molecule has 0 spiro atoms. The Hall–Kier alpha value is -1.46. The summed E-state index contributed by atoms with van der Waals surface area (Å²) in [5, 5.41) is 3.04. The van der Waals surface area contributed by atoms with Gasteiger partial charge in [-0.25, -0.2) is 0 Å². The molecular weight excluding hydrogens is 282 g/mol. The lowest BCUT2D eigenvalue weighted by molar-refractivity contribution is -0.122. The molecule has 2 rings (SSSR count). The quantitative estimate of drug-likeness (QED) is 0.785. The molecule has 5 heteroatoms. The minimum Gasteiger partial charge on any atom is -0.392 e. The average Bonchev–Trinajstić information content (AvgIpc) is 2.38. The third-order valence-corrected chi connectivity index (χ3v) is 4.74. The Morgan fingerprint density at radius 1 is 1.38 bits per heavy atom. The van der Waals surface area contributed by atoms with Crippen LogP contribution in [0.4, 0.5) is 0 Å². The molecule has 1 aromatic rings. The SMILES string of the molecule is CN(C)C1(CNC(=O)C(C(N)=S)c2ccccc2)CCC1. The molecule has 0 radical (unpaired) electrons. The maximum Gasteiger partial charge on any atom is 0.234 e. The van der Waals surface area contributed by atoms with Gasteiger partial charge in [0, 0.05) is 12.1 Å². The highest BCUT2D eigenvalue weighted by atomic mass is 32.1. The van der Waals surface area contributed by atoms with Crippen molar-refractivity contribution in [3.05, 3.63) is 35.9 Å². The Morgan fingerprint density at radius 3 is 2.43 bits per heavy atom. The number of carbonyl (C=O) groups is 1. The summed E-state index contributed by atoms with van der Waals surface area (Å²) in [5.41, 5.74) is 6.71. The zero-order valence-electron chi connectivity index (χ0n) is 12.6. The van der Waals surface area contributed by atoms with Gasteiger partial charge in [-0.15, -0.1) is 0 Å². The zero-order chi connectivity index (χ0) is 15.5. The molecule has 1 aromatic carbocycles. The molecule has 1 unspecified atom stereocenters. The summed E-state index contributed by atoms with van der Waals surface area (Å²) < 4.78 is 0. The van der Waals surface area contributed by atoms with Crippen LogP contribution in [0, 0.1) is 0 Å². The number of rotatable bonds is 6. The van der Waals surface area contributed by atoms with Crippen LogP contribution in [0.15, 0.2) is 30.3 Å². The number of nitrogens with one attached hydrogen (secondary N) is 1. The van der Waals surface area contributed by atoms with Gasteiger partial charge in [-0.05, 0) is 38.9 Å². The van der Waals surface area contributed by atoms with Crippen molar-refractivity contribution < 1.29 is 4.79 Å². The molecule has 0 saturated heterocycles. The summed E-state index contributed by atoms with van der Waals surface area (Å²) in [4.78, 5) is 14.9. The Balaban J connectivity index is 2.05. The largest absolute Gasteiger partial charge is 0.392 e. The Morgan fingerprint density at radius 2 is 2.00 bits per heavy atom. The molecule has 21 heavy (non-hydrogen) atoms. The van der Waals surface area contributed by atoms with Crippen molar-refractivity contribution in [1.82, 2.24) is 10.2 Å². The first-order valence-electron chi connectivity index (χ1n) is 7.26. The highest BCUT2D eigenvalue weighted by Gasteiger charge is 2.39. The summed E-state index contributed by atoms with van der Waals surface area (Å²) in [6.07, 6.45) is 3.44. The normalized spacial score (nSPS) is 17.9. The number of nitrogens with zero attached hydrogens (tertiary/aromatic N) is 1. The van der Waals surface area contributed by atoms with E-state index in [0.717, 1.165) is 18.4 Å². The van der Waals surface area contributed by atoms with Crippen LogP contribution in [-0.4, -0.2) is 42.0 Å². The maximum absolute atomic E-state index is 12.5. The number of thiocarbonyl (C=S) groups is 1. The minimum atomic E-state index is -0.555. The summed E-state index contributed by atoms with van der Waals surface area (Å²) in [7, 11) is 4.13. The van der Waals surface area contributed by atoms with E-state index in [-0.39, 0.29) is 16.4 Å². The highest BCUT2D eigenvalue weighted by Crippen LogP contribution is 2.35. The lowest BCUT2D eigenvalue weighted by Gasteiger charge is -2.47. The van der Waals surface area contributed by atoms with Gasteiger partial charge in [-0.3, -0.25) is 4.79 Å². The lowest BCUT2D eigenvalue weighted by Crippen LogP contribution is -2.57. The highest BCUT2D eigenvalue weighted by molar-refractivity contribution is 7.80. The van der Waals surface area contributed by atoms with Gasteiger partial charge in [0.1, 0.15) is 5.92 Å². The van der Waals surface area contributed by atoms with Crippen molar-refractivity contribution in [2.45, 2.75) is 30.7 Å². The van der Waals surface area contributed by atoms with E-state index in [1.165, 1.54) is 6.42 Å². The van der Waals surface area contributed by atoms with Crippen LogP contribution in [0.1, 0.15) is 30.7 Å². The van der Waals surface area contributed by atoms with Gasteiger partial charge in [-0.2, -0.15) is 0 Å². The number of hydrogen-bond acceptors (Lipinski definition) is 3. The van der Waals surface area contributed by atoms with Crippen molar-refractivity contribution in [3.8, 4) is 0 Å². The van der Waals surface area contributed by atoms with Crippen molar-refractivity contribution in [3.63, 3.8) is 0 Å². The molecule has 114 valence electrons. The van der Waals surface area contributed by atoms with E-state index < -0.39 is 5.92 Å². The Kier molecular flexibility index (Phi) is 4.96. The van der Waals surface area contributed by atoms with Gasteiger partial charge in [0.2, 0.25) is 5.91 Å². The van der Waals surface area contributed by atoms with Gasteiger partial charge in [0.15, 0.2) is 0 Å². The van der Waals surface area contributed by atoms with Crippen LogP contribution in [0.25, 0.3) is 0 Å². The third-order valence-electron chi connectivity index (χ3n) is 4.50. The van der Waals surface area contributed by atoms with E-state index in [9.17, 15) is 4.79 Å². The Bertz CT molecular complexity index is 512. The van der Waals surface area contributed by atoms with Crippen molar-refractivity contribution >= 4 is 23.1 Å². The van der Waals surface area contributed by atoms with E-state index in [4.69, 9.17) is 18.0 Å². The van der Waals surface area contributed by atoms with E-state index in [2.05, 4.69) is 24.3 Å². The number of carbonyl (C=O) groups excluding carboxylic acids is 1. The molecule has 4 nitrogen and oxygen atoms in total. The summed E-state index contributed by atoms with van der Waals surface area (Å²) in [5.74, 6) is -0.665. The topological polar surface area (TPSA) is 58.4 Å². The molecule has 0 bridgehead atoms. The van der Waals surface area contributed by atoms with Crippen molar-refractivity contribution in [1.29, 1.82) is 0 Å². The number of hydrogen-bond donors (Lipinski definition) is 2. The molecule has 1 atom stereocenters. The monoisotopic (exact) mass is 305 g/mol. The molecule has 0 aromatic heterocycles. The van der Waals surface area contributed by atoms with Gasteiger partial charge >= 0.3 is 0 Å². The minimum absolute atomic E-state index is 0.0904. The van der Waals surface area contributed by atoms with E-state index in [1.807, 2.05) is 30.3 Å². The molecule has 3 N–H and O–H groups in total. The second kappa shape index (κ2) is 6.54. The van der Waals surface area contributed by atoms with Crippen LogP contribution >= 0.6 is 12.2 Å². The molecule has 1 saturated carbocycles. The molecule has 1 aliphatic carbocycles. The summed E-state index contributed by atoms with van der Waals surface area (Å²) in [6, 6.07) is 9.46. The first-order chi connectivity index (χ1) is 9.96. The third kappa shape index (κ3) is 3.41. The number of benzene rings is 1. The Labute approximate surface area is 131 Å². The fraction of sp³-hybridized carbons (Fsp3) is 0.500. The standard InChI is InChI=1S/C16H23N3OS/c1-19(2)16(9-6-10-16)11-18-15(20)13(14(17)21)12-7-4-3-5-8-12/h3-5,7-8,13H,6,9-11H2,1-2H3,(H2,17,21)(H,18,20). The first kappa shape index (κ1) is 15.9. The predicted molar refractivity (Wildman–Crippen MR) is 89.2 cm³/mol. The van der Waals surface area contributed by atoms with Crippen LogP contribution in [0.2, 0.25) is 0 Å². The fourth-order valence-corrected chi connectivity index (χ4v) is 3.05. The molecular formula is C16H23N3OS. The van der Waals surface area contributed by atoms with Crippen LogP contribution < -0.4 is 11.1 Å². The van der Waals surface area contributed by atoms with E-state index >= 15 is 0 Å². The van der Waals surface area contributed by atoms with Crippen LogP contribution in [0.3, 0.4) is 0 Å². The number of likely N-dealkylation sites (N-methyl/N-ethyl adjacent to an activating group) is 1. The maximum atomic E-state index is 12.5. The molecule has 1 aliphatic rings. The second-order valence-corrected chi connectivity index (χ2v) is 6.41. The van der Waals surface area contributed by atoms with Crippen LogP contribution in [0.5, 0.6) is 0 Å². The molecule has 1 fully saturated rings. The van der Waals surface area contributed by atoms with Crippen molar-refractivity contribution in [2.75, 3.05) is 20.6 Å². The summed E-state index contributed by atoms with van der Waals surface area (Å²) >= 11 is 5.08. The number of nitrogens with two attached hydrogens (primary N) is 1. The second-order valence-electron chi connectivity index (χ2n) is 5.94. The van der Waals surface area contributed by atoms with E-state index in [1.54, 1.807) is 0 Å². The zero-order valence-corrected chi connectivity index (χ0v) is 13.5.